The zero-order valence-corrected chi connectivity index (χ0v) is 41.6. The van der Waals surface area contributed by atoms with Crippen LogP contribution in [0.4, 0.5) is 0 Å². The molecular formula is C66H66N+. The number of hydrogen-bond donors (Lipinski definition) is 0. The van der Waals surface area contributed by atoms with Crippen LogP contribution in [-0.2, 0) is 22.8 Å². The molecule has 67 heavy (non-hydrogen) atoms. The number of rotatable bonds is 8. The largest absolute Gasteiger partial charge is 0.220 e. The van der Waals surface area contributed by atoms with E-state index in [0.717, 1.165) is 6.54 Å². The SMILES string of the molecule is CC[n+]1ccc2ccccc2c1-c1cc(-c2cccc(-c3cc(-c4ccc(C(C)(C)C)cc4)cc(-c4cc(-c5ccc(C(C)(C)C)cc5)cc(-c5ccc(C(C)(C)C)cc5)c4)c3)c2)ccc1C. The molecule has 0 aliphatic rings. The van der Waals surface area contributed by atoms with Gasteiger partial charge in [-0.25, -0.2) is 0 Å². The number of hydrogen-bond acceptors (Lipinski definition) is 0. The molecule has 0 fully saturated rings. The Labute approximate surface area is 400 Å². The summed E-state index contributed by atoms with van der Waals surface area (Å²) in [6.45, 7) is 25.9. The highest BCUT2D eigenvalue weighted by molar-refractivity contribution is 5.94. The molecule has 0 aliphatic carbocycles. The van der Waals surface area contributed by atoms with Crippen molar-refractivity contribution in [1.29, 1.82) is 0 Å². The first-order chi connectivity index (χ1) is 31.9. The first kappa shape index (κ1) is 45.3. The van der Waals surface area contributed by atoms with Crippen LogP contribution in [0.2, 0.25) is 0 Å². The number of aryl methyl sites for hydroxylation is 2. The zero-order valence-electron chi connectivity index (χ0n) is 41.6. The minimum atomic E-state index is 0.0687. The predicted octanol–water partition coefficient (Wildman–Crippen LogP) is 18.0. The summed E-state index contributed by atoms with van der Waals surface area (Å²) in [5.74, 6) is 0. The smallest absolute Gasteiger partial charge is 0.198 e. The maximum atomic E-state index is 2.40. The molecule has 0 saturated heterocycles. The van der Waals surface area contributed by atoms with Gasteiger partial charge in [0.2, 0.25) is 5.69 Å². The van der Waals surface area contributed by atoms with E-state index in [0.29, 0.717) is 0 Å². The first-order valence-electron chi connectivity index (χ1n) is 24.2. The second kappa shape index (κ2) is 17.8. The molecule has 9 aromatic rings. The lowest BCUT2D eigenvalue weighted by Crippen LogP contribution is -2.34. The van der Waals surface area contributed by atoms with Crippen molar-refractivity contribution in [3.05, 3.63) is 210 Å². The maximum absolute atomic E-state index is 2.40. The number of pyridine rings is 1. The van der Waals surface area contributed by atoms with E-state index in [1.165, 1.54) is 111 Å². The third-order valence-electron chi connectivity index (χ3n) is 13.8. The Morgan fingerprint density at radius 1 is 0.343 bits per heavy atom. The quantitative estimate of drug-likeness (QED) is 0.134. The second-order valence-electron chi connectivity index (χ2n) is 21.7. The van der Waals surface area contributed by atoms with E-state index >= 15 is 0 Å². The summed E-state index contributed by atoms with van der Waals surface area (Å²) in [5, 5.41) is 2.53. The van der Waals surface area contributed by atoms with E-state index in [1.54, 1.807) is 0 Å². The molecule has 0 bridgehead atoms. The van der Waals surface area contributed by atoms with Crippen molar-refractivity contribution in [2.75, 3.05) is 0 Å². The van der Waals surface area contributed by atoms with Crippen molar-refractivity contribution >= 4 is 10.8 Å². The average Bonchev–Trinajstić information content (AvgIpc) is 3.33. The van der Waals surface area contributed by atoms with Gasteiger partial charge in [0.25, 0.3) is 0 Å². The lowest BCUT2D eigenvalue weighted by molar-refractivity contribution is -0.681. The summed E-state index contributed by atoms with van der Waals surface area (Å²) < 4.78 is 2.38. The van der Waals surface area contributed by atoms with E-state index in [-0.39, 0.29) is 16.2 Å². The molecule has 0 amide bonds. The van der Waals surface area contributed by atoms with Gasteiger partial charge in [-0.1, -0.05) is 184 Å². The first-order valence-corrected chi connectivity index (χ1v) is 24.2. The summed E-state index contributed by atoms with van der Waals surface area (Å²) in [5.41, 5.74) is 22.5. The Balaban J connectivity index is 1.21. The zero-order chi connectivity index (χ0) is 47.3. The molecule has 0 unspecified atom stereocenters. The lowest BCUT2D eigenvalue weighted by atomic mass is 9.84. The second-order valence-corrected chi connectivity index (χ2v) is 21.7. The normalized spacial score (nSPS) is 12.2. The summed E-state index contributed by atoms with van der Waals surface area (Å²) in [4.78, 5) is 0. The van der Waals surface area contributed by atoms with Gasteiger partial charge >= 0.3 is 0 Å². The van der Waals surface area contributed by atoms with E-state index in [1.807, 2.05) is 0 Å². The third-order valence-corrected chi connectivity index (χ3v) is 13.8. The third kappa shape index (κ3) is 9.57. The fourth-order valence-corrected chi connectivity index (χ4v) is 9.50. The summed E-state index contributed by atoms with van der Waals surface area (Å²) in [6.07, 6.45) is 2.23. The summed E-state index contributed by atoms with van der Waals surface area (Å²) >= 11 is 0. The van der Waals surface area contributed by atoms with Crippen molar-refractivity contribution in [2.24, 2.45) is 0 Å². The van der Waals surface area contributed by atoms with Gasteiger partial charge in [-0.15, -0.1) is 0 Å². The average molecular weight is 873 g/mol. The van der Waals surface area contributed by atoms with Gasteiger partial charge < -0.3 is 0 Å². The van der Waals surface area contributed by atoms with Crippen LogP contribution >= 0.6 is 0 Å². The Hall–Kier alpha value is -6.83. The number of fused-ring (bicyclic) bond motifs is 1. The van der Waals surface area contributed by atoms with Gasteiger partial charge in [0, 0.05) is 6.07 Å². The van der Waals surface area contributed by atoms with Gasteiger partial charge in [0.05, 0.1) is 10.9 Å². The fourth-order valence-electron chi connectivity index (χ4n) is 9.50. The van der Waals surface area contributed by atoms with Crippen LogP contribution in [0.15, 0.2) is 188 Å². The molecule has 0 aliphatic heterocycles. The maximum Gasteiger partial charge on any atom is 0.220 e. The van der Waals surface area contributed by atoms with Crippen LogP contribution in [0.5, 0.6) is 0 Å². The molecule has 1 heteroatoms. The Bertz CT molecular complexity index is 3160. The molecule has 8 aromatic carbocycles. The van der Waals surface area contributed by atoms with Crippen LogP contribution < -0.4 is 4.57 Å². The van der Waals surface area contributed by atoms with Crippen molar-refractivity contribution < 1.29 is 4.57 Å². The molecule has 9 rings (SSSR count). The van der Waals surface area contributed by atoms with Crippen molar-refractivity contribution in [3.8, 4) is 78.0 Å². The predicted molar refractivity (Wildman–Crippen MR) is 289 cm³/mol. The van der Waals surface area contributed by atoms with Crippen molar-refractivity contribution in [3.63, 3.8) is 0 Å². The highest BCUT2D eigenvalue weighted by Crippen LogP contribution is 2.40. The molecule has 334 valence electrons. The molecule has 0 N–H and O–H groups in total. The Morgan fingerprint density at radius 3 is 1.13 bits per heavy atom. The van der Waals surface area contributed by atoms with Crippen LogP contribution in [0.25, 0.3) is 88.8 Å². The summed E-state index contributed by atoms with van der Waals surface area (Å²) in [6, 6.07) is 69.1. The molecule has 0 spiro atoms. The van der Waals surface area contributed by atoms with Crippen molar-refractivity contribution in [2.45, 2.75) is 99.0 Å². The van der Waals surface area contributed by atoms with E-state index in [4.69, 9.17) is 0 Å². The molecule has 1 nitrogen and oxygen atoms in total. The Kier molecular flexibility index (Phi) is 12.0. The van der Waals surface area contributed by atoms with Crippen LogP contribution in [0.1, 0.15) is 91.5 Å². The van der Waals surface area contributed by atoms with E-state index in [9.17, 15) is 0 Å². The highest BCUT2D eigenvalue weighted by atomic mass is 14.9. The molecule has 1 heterocycles. The lowest BCUT2D eigenvalue weighted by Gasteiger charge is -2.20. The number of benzene rings is 8. The number of aromatic nitrogens is 1. The van der Waals surface area contributed by atoms with E-state index < -0.39 is 0 Å². The fraction of sp³-hybridized carbons (Fsp3) is 0.227. The topological polar surface area (TPSA) is 3.88 Å². The van der Waals surface area contributed by atoms with E-state index in [2.05, 4.69) is 269 Å². The van der Waals surface area contributed by atoms with Gasteiger partial charge in [-0.05, 0) is 179 Å². The molecule has 0 atom stereocenters. The highest BCUT2D eigenvalue weighted by Gasteiger charge is 2.21. The van der Waals surface area contributed by atoms with Gasteiger partial charge in [-0.3, -0.25) is 0 Å². The standard InChI is InChI=1S/C66H66N/c1-12-67-35-34-48-16-13-14-19-61(48)63(67)62-43-51(21-20-44(62)2)49-17-15-18-50(36-49)55-38-54(47-26-32-60(33-27-47)66(9,10)11)41-57(42-55)56-39-52(45-22-28-58(29-23-45)64(3,4)5)37-53(40-56)46-24-30-59(31-25-46)65(6,7)8/h13-43H,12H2,1-11H3/q+1. The van der Waals surface area contributed by atoms with Crippen LogP contribution in [0.3, 0.4) is 0 Å². The molecule has 0 saturated carbocycles. The van der Waals surface area contributed by atoms with Gasteiger partial charge in [0.15, 0.2) is 6.20 Å². The monoisotopic (exact) mass is 873 g/mol. The molecule has 1 aromatic heterocycles. The van der Waals surface area contributed by atoms with Crippen molar-refractivity contribution in [1.82, 2.24) is 0 Å². The molecular weight excluding hydrogens is 807 g/mol. The minimum absolute atomic E-state index is 0.0687. The van der Waals surface area contributed by atoms with Gasteiger partial charge in [0.1, 0.15) is 6.54 Å². The van der Waals surface area contributed by atoms with Crippen LogP contribution in [0, 0.1) is 6.92 Å². The Morgan fingerprint density at radius 2 is 0.701 bits per heavy atom. The van der Waals surface area contributed by atoms with Gasteiger partial charge in [-0.2, -0.15) is 4.57 Å². The number of nitrogens with zero attached hydrogens (tertiary/aromatic N) is 1. The minimum Gasteiger partial charge on any atom is -0.198 e. The molecule has 0 radical (unpaired) electrons. The summed E-state index contributed by atoms with van der Waals surface area (Å²) in [7, 11) is 0. The van der Waals surface area contributed by atoms with Crippen LogP contribution in [-0.4, -0.2) is 0 Å².